The van der Waals surface area contributed by atoms with Crippen LogP contribution in [0.4, 0.5) is 10.1 Å². The Morgan fingerprint density at radius 2 is 1.80 bits per heavy atom. The largest absolute Gasteiger partial charge is 0.369 e. The molecule has 2 aromatic carbocycles. The second kappa shape index (κ2) is 8.32. The Labute approximate surface area is 200 Å². The monoisotopic (exact) mass is 468 g/mol. The topological polar surface area (TPSA) is 104 Å². The van der Waals surface area contributed by atoms with Gasteiger partial charge >= 0.3 is 5.69 Å². The van der Waals surface area contributed by atoms with Gasteiger partial charge in [0.05, 0.1) is 27.9 Å². The van der Waals surface area contributed by atoms with Crippen molar-refractivity contribution < 1.29 is 4.39 Å². The second-order valence-corrected chi connectivity index (χ2v) is 9.27. The summed E-state index contributed by atoms with van der Waals surface area (Å²) < 4.78 is 14.4. The molecule has 0 saturated carbocycles. The van der Waals surface area contributed by atoms with Crippen molar-refractivity contribution in [1.29, 1.82) is 0 Å². The molecule has 0 amide bonds. The van der Waals surface area contributed by atoms with Crippen LogP contribution in [0.1, 0.15) is 18.4 Å². The van der Waals surface area contributed by atoms with Gasteiger partial charge in [0.2, 0.25) is 0 Å². The van der Waals surface area contributed by atoms with E-state index < -0.39 is 0 Å². The number of nitrogens with two attached hydrogens (primary N) is 1. The zero-order valence-corrected chi connectivity index (χ0v) is 19.3. The second-order valence-electron chi connectivity index (χ2n) is 9.27. The average Bonchev–Trinajstić information content (AvgIpc) is 3.22. The van der Waals surface area contributed by atoms with E-state index in [4.69, 9.17) is 10.7 Å². The zero-order chi connectivity index (χ0) is 24.1. The molecule has 1 saturated heterocycles. The molecule has 1 aliphatic heterocycles. The van der Waals surface area contributed by atoms with Gasteiger partial charge < -0.3 is 20.6 Å². The van der Waals surface area contributed by atoms with Crippen LogP contribution in [0, 0.1) is 12.7 Å². The predicted molar refractivity (Wildman–Crippen MR) is 137 cm³/mol. The van der Waals surface area contributed by atoms with E-state index in [0.717, 1.165) is 81.6 Å². The van der Waals surface area contributed by atoms with Gasteiger partial charge in [-0.3, -0.25) is 4.98 Å². The number of aromatic amines is 2. The third-order valence-electron chi connectivity index (χ3n) is 6.71. The first-order valence-electron chi connectivity index (χ1n) is 11.7. The molecule has 0 aliphatic carbocycles. The van der Waals surface area contributed by atoms with Gasteiger partial charge in [0.15, 0.2) is 0 Å². The van der Waals surface area contributed by atoms with Crippen LogP contribution >= 0.6 is 0 Å². The van der Waals surface area contributed by atoms with Crippen molar-refractivity contribution in [3.63, 3.8) is 0 Å². The highest BCUT2D eigenvalue weighted by Gasteiger charge is 2.23. The molecule has 0 spiro atoms. The van der Waals surface area contributed by atoms with Crippen LogP contribution in [-0.2, 0) is 0 Å². The Balaban J connectivity index is 1.57. The number of fused-ring (bicyclic) bond motifs is 2. The number of nitrogens with zero attached hydrogens (tertiary/aromatic N) is 3. The van der Waals surface area contributed by atoms with Gasteiger partial charge in [0.25, 0.3) is 0 Å². The van der Waals surface area contributed by atoms with Crippen LogP contribution in [0.25, 0.3) is 44.5 Å². The van der Waals surface area contributed by atoms with E-state index in [2.05, 4.69) is 19.9 Å². The van der Waals surface area contributed by atoms with Gasteiger partial charge in [-0.15, -0.1) is 0 Å². The number of imidazole rings is 1. The quantitative estimate of drug-likeness (QED) is 0.362. The maximum atomic E-state index is 14.4. The standard InChI is InChI=1S/C27H25FN6O/c1-15-10-17(12-18(28)11-15)20-14-30-23-5-4-21(16-2-3-22-24(13-16)33-27(35)32-22)31-25(23)26(20)34-8-6-19(29)7-9-34/h2-5,10-14,19H,6-9,29H2,1H3,(H2,32,33,35). The Kier molecular flexibility index (Phi) is 5.11. The Morgan fingerprint density at radius 1 is 1.00 bits per heavy atom. The lowest BCUT2D eigenvalue weighted by Crippen LogP contribution is -2.40. The molecule has 0 radical (unpaired) electrons. The number of anilines is 1. The molecular weight excluding hydrogens is 443 g/mol. The summed E-state index contributed by atoms with van der Waals surface area (Å²) in [5.41, 5.74) is 14.0. The van der Waals surface area contributed by atoms with Crippen LogP contribution in [-0.4, -0.2) is 39.1 Å². The summed E-state index contributed by atoms with van der Waals surface area (Å²) in [6, 6.07) is 14.8. The minimum absolute atomic E-state index is 0.179. The number of halogens is 1. The molecule has 3 aromatic heterocycles. The zero-order valence-electron chi connectivity index (χ0n) is 19.3. The third kappa shape index (κ3) is 3.95. The lowest BCUT2D eigenvalue weighted by Gasteiger charge is -2.34. The van der Waals surface area contributed by atoms with Crippen LogP contribution in [0.2, 0.25) is 0 Å². The molecule has 5 aromatic rings. The summed E-state index contributed by atoms with van der Waals surface area (Å²) in [7, 11) is 0. The van der Waals surface area contributed by atoms with Crippen LogP contribution in [0.15, 0.2) is 59.5 Å². The van der Waals surface area contributed by atoms with Crippen molar-refractivity contribution in [2.24, 2.45) is 5.73 Å². The van der Waals surface area contributed by atoms with Crippen LogP contribution in [0.5, 0.6) is 0 Å². The number of rotatable bonds is 3. The number of benzene rings is 2. The molecule has 0 unspecified atom stereocenters. The Hall–Kier alpha value is -4.04. The van der Waals surface area contributed by atoms with E-state index in [1.165, 1.54) is 6.07 Å². The van der Waals surface area contributed by atoms with E-state index in [1.54, 1.807) is 6.07 Å². The minimum atomic E-state index is -0.276. The Bertz CT molecular complexity index is 1610. The molecule has 176 valence electrons. The number of aromatic nitrogens is 4. The van der Waals surface area contributed by atoms with Gasteiger partial charge in [-0.2, -0.15) is 0 Å². The number of hydrogen-bond donors (Lipinski definition) is 3. The molecule has 35 heavy (non-hydrogen) atoms. The SMILES string of the molecule is Cc1cc(F)cc(-c2cnc3ccc(-c4ccc5[nH]c(=O)[nH]c5c4)nc3c2N2CCC(N)CC2)c1. The number of pyridine rings is 2. The van der Waals surface area contributed by atoms with Crippen molar-refractivity contribution >= 4 is 27.8 Å². The van der Waals surface area contributed by atoms with Gasteiger partial charge in [-0.1, -0.05) is 12.1 Å². The van der Waals surface area contributed by atoms with Crippen molar-refractivity contribution in [3.8, 4) is 22.4 Å². The van der Waals surface area contributed by atoms with Crippen molar-refractivity contribution in [2.45, 2.75) is 25.8 Å². The van der Waals surface area contributed by atoms with E-state index in [1.807, 2.05) is 49.5 Å². The number of nitrogens with one attached hydrogen (secondary N) is 2. The summed E-state index contributed by atoms with van der Waals surface area (Å²) in [6.45, 7) is 3.48. The fraction of sp³-hybridized carbons (Fsp3) is 0.222. The van der Waals surface area contributed by atoms with E-state index in [-0.39, 0.29) is 17.5 Å². The Morgan fingerprint density at radius 3 is 2.60 bits per heavy atom. The molecule has 0 bridgehead atoms. The maximum absolute atomic E-state index is 14.4. The molecule has 6 rings (SSSR count). The minimum Gasteiger partial charge on any atom is -0.369 e. The smallest absolute Gasteiger partial charge is 0.323 e. The van der Waals surface area contributed by atoms with Crippen molar-refractivity contribution in [1.82, 2.24) is 19.9 Å². The fourth-order valence-corrected chi connectivity index (χ4v) is 4.95. The summed E-state index contributed by atoms with van der Waals surface area (Å²) >= 11 is 0. The molecule has 0 atom stereocenters. The first kappa shape index (κ1) is 21.5. The molecule has 1 fully saturated rings. The number of piperidine rings is 1. The highest BCUT2D eigenvalue weighted by atomic mass is 19.1. The first-order valence-corrected chi connectivity index (χ1v) is 11.7. The van der Waals surface area contributed by atoms with Gasteiger partial charge in [-0.05, 0) is 67.3 Å². The normalized spacial score (nSPS) is 14.8. The summed E-state index contributed by atoms with van der Waals surface area (Å²) in [6.07, 6.45) is 3.57. The number of aryl methyl sites for hydroxylation is 1. The average molecular weight is 469 g/mol. The molecule has 1 aliphatic rings. The highest BCUT2D eigenvalue weighted by molar-refractivity contribution is 5.98. The van der Waals surface area contributed by atoms with Crippen molar-refractivity contribution in [3.05, 3.63) is 76.6 Å². The van der Waals surface area contributed by atoms with E-state index >= 15 is 0 Å². The fourth-order valence-electron chi connectivity index (χ4n) is 4.95. The van der Waals surface area contributed by atoms with Gasteiger partial charge in [0, 0.05) is 36.5 Å². The first-order chi connectivity index (χ1) is 16.9. The highest BCUT2D eigenvalue weighted by Crippen LogP contribution is 2.38. The molecule has 8 heteroatoms. The molecule has 4 heterocycles. The third-order valence-corrected chi connectivity index (χ3v) is 6.71. The van der Waals surface area contributed by atoms with Gasteiger partial charge in [0.1, 0.15) is 11.3 Å². The van der Waals surface area contributed by atoms with E-state index in [9.17, 15) is 9.18 Å². The molecule has 4 N–H and O–H groups in total. The number of hydrogen-bond acceptors (Lipinski definition) is 5. The summed E-state index contributed by atoms with van der Waals surface area (Å²) in [5, 5.41) is 0. The van der Waals surface area contributed by atoms with Gasteiger partial charge in [-0.25, -0.2) is 14.2 Å². The van der Waals surface area contributed by atoms with Crippen LogP contribution in [0.3, 0.4) is 0 Å². The van der Waals surface area contributed by atoms with Crippen LogP contribution < -0.4 is 16.3 Å². The predicted octanol–water partition coefficient (Wildman–Crippen LogP) is 4.51. The number of H-pyrrole nitrogens is 2. The lowest BCUT2D eigenvalue weighted by atomic mass is 9.98. The molecule has 7 nitrogen and oxygen atoms in total. The van der Waals surface area contributed by atoms with Crippen molar-refractivity contribution in [2.75, 3.05) is 18.0 Å². The maximum Gasteiger partial charge on any atom is 0.323 e. The van der Waals surface area contributed by atoms with E-state index in [0.29, 0.717) is 0 Å². The summed E-state index contributed by atoms with van der Waals surface area (Å²) in [5.74, 6) is -0.276. The molecular formula is C27H25FN6O. The lowest BCUT2D eigenvalue weighted by molar-refractivity contribution is 0.502. The summed E-state index contributed by atoms with van der Waals surface area (Å²) in [4.78, 5) is 29.3.